The molecule has 1 N–H and O–H groups in total. The minimum absolute atomic E-state index is 0.130. The maximum absolute atomic E-state index is 13.3. The molecule has 10 nitrogen and oxygen atoms in total. The fraction of sp³-hybridized carbons (Fsp3) is 0.296. The summed E-state index contributed by atoms with van der Waals surface area (Å²) in [5.41, 5.74) is 2.93. The van der Waals surface area contributed by atoms with Crippen molar-refractivity contribution in [3.05, 3.63) is 77.0 Å². The van der Waals surface area contributed by atoms with Gasteiger partial charge in [-0.1, -0.05) is 23.8 Å². The molecule has 0 amide bonds. The molecule has 11 heteroatoms. The van der Waals surface area contributed by atoms with Gasteiger partial charge in [-0.3, -0.25) is 19.0 Å². The average Bonchev–Trinajstić information content (AvgIpc) is 2.93. The Balaban J connectivity index is 1.45. The Morgan fingerprint density at radius 3 is 2.50 bits per heavy atom. The summed E-state index contributed by atoms with van der Waals surface area (Å²) < 4.78 is 40.9. The number of anilines is 1. The first-order chi connectivity index (χ1) is 18.3. The van der Waals surface area contributed by atoms with E-state index in [1.807, 2.05) is 13.0 Å². The minimum Gasteiger partial charge on any atom is -0.480 e. The summed E-state index contributed by atoms with van der Waals surface area (Å²) >= 11 is 0. The summed E-state index contributed by atoms with van der Waals surface area (Å²) in [6, 6.07) is 13.6. The van der Waals surface area contributed by atoms with Crippen molar-refractivity contribution in [3.8, 4) is 17.0 Å². The molecule has 0 bridgehead atoms. The molecule has 0 unspecified atom stereocenters. The first-order valence-corrected chi connectivity index (χ1v) is 13.8. The third-order valence-electron chi connectivity index (χ3n) is 6.54. The van der Waals surface area contributed by atoms with Crippen LogP contribution in [0, 0.1) is 6.92 Å². The number of morpholine rings is 1. The molecule has 0 saturated carbocycles. The Hall–Kier alpha value is -3.80. The largest absolute Gasteiger partial charge is 0.480 e. The lowest BCUT2D eigenvalue weighted by Gasteiger charge is -2.26. The standard InChI is InChI=1S/C27H29N5O5S/c1-19-3-6-22(7-4-19)38(34,35)30-25-16-21(17-28-26(25)36-2)20-5-8-24-23(15-20)27(33)32(18-29-24)10-9-31-11-13-37-14-12-31/h3-8,15-18,30H,9-14H2,1-2H3. The summed E-state index contributed by atoms with van der Waals surface area (Å²) in [4.78, 5) is 24.4. The van der Waals surface area contributed by atoms with Gasteiger partial charge < -0.3 is 9.47 Å². The third kappa shape index (κ3) is 5.54. The number of sulfonamides is 1. The van der Waals surface area contributed by atoms with Crippen molar-refractivity contribution in [1.29, 1.82) is 0 Å². The number of hydrogen-bond acceptors (Lipinski definition) is 8. The predicted molar refractivity (Wildman–Crippen MR) is 145 cm³/mol. The van der Waals surface area contributed by atoms with Crippen molar-refractivity contribution in [3.63, 3.8) is 0 Å². The maximum Gasteiger partial charge on any atom is 0.262 e. The van der Waals surface area contributed by atoms with E-state index in [-0.39, 0.29) is 22.0 Å². The second kappa shape index (κ2) is 10.9. The zero-order valence-corrected chi connectivity index (χ0v) is 22.1. The van der Waals surface area contributed by atoms with Crippen LogP contribution in [0.15, 0.2) is 70.7 Å². The van der Waals surface area contributed by atoms with Crippen LogP contribution < -0.4 is 15.0 Å². The lowest BCUT2D eigenvalue weighted by Crippen LogP contribution is -2.39. The molecule has 5 rings (SSSR count). The number of benzene rings is 2. The van der Waals surface area contributed by atoms with Crippen LogP contribution in [0.2, 0.25) is 0 Å². The van der Waals surface area contributed by atoms with E-state index < -0.39 is 10.0 Å². The highest BCUT2D eigenvalue weighted by Crippen LogP contribution is 2.31. The monoisotopic (exact) mass is 535 g/mol. The molecule has 4 aromatic rings. The molecule has 2 aromatic heterocycles. The van der Waals surface area contributed by atoms with Gasteiger partial charge in [-0.05, 0) is 42.8 Å². The van der Waals surface area contributed by atoms with Gasteiger partial charge in [0.2, 0.25) is 5.88 Å². The second-order valence-corrected chi connectivity index (χ2v) is 10.8. The smallest absolute Gasteiger partial charge is 0.262 e. The quantitative estimate of drug-likeness (QED) is 0.366. The Bertz CT molecular complexity index is 1610. The van der Waals surface area contributed by atoms with E-state index in [9.17, 15) is 13.2 Å². The normalized spacial score (nSPS) is 14.5. The zero-order valence-electron chi connectivity index (χ0n) is 21.3. The Kier molecular flexibility index (Phi) is 7.41. The van der Waals surface area contributed by atoms with Crippen LogP contribution in [0.25, 0.3) is 22.0 Å². The van der Waals surface area contributed by atoms with Gasteiger partial charge in [0, 0.05) is 37.9 Å². The third-order valence-corrected chi connectivity index (χ3v) is 7.92. The fourth-order valence-corrected chi connectivity index (χ4v) is 5.39. The summed E-state index contributed by atoms with van der Waals surface area (Å²) in [5, 5.41) is 0.476. The van der Waals surface area contributed by atoms with Crippen LogP contribution in [-0.2, 0) is 21.3 Å². The van der Waals surface area contributed by atoms with Gasteiger partial charge in [0.25, 0.3) is 15.6 Å². The van der Waals surface area contributed by atoms with Gasteiger partial charge in [0.05, 0.1) is 42.4 Å². The van der Waals surface area contributed by atoms with E-state index in [2.05, 4.69) is 19.6 Å². The van der Waals surface area contributed by atoms with E-state index in [1.165, 1.54) is 7.11 Å². The van der Waals surface area contributed by atoms with Gasteiger partial charge in [-0.25, -0.2) is 18.4 Å². The number of rotatable bonds is 8. The number of aromatic nitrogens is 3. The Morgan fingerprint density at radius 2 is 1.76 bits per heavy atom. The van der Waals surface area contributed by atoms with E-state index in [1.54, 1.807) is 59.6 Å². The maximum atomic E-state index is 13.3. The Morgan fingerprint density at radius 1 is 1.00 bits per heavy atom. The first-order valence-electron chi connectivity index (χ1n) is 12.3. The molecule has 0 aliphatic carbocycles. The lowest BCUT2D eigenvalue weighted by atomic mass is 10.1. The van der Waals surface area contributed by atoms with Gasteiger partial charge in [-0.15, -0.1) is 0 Å². The molecular formula is C27H29N5O5S. The van der Waals surface area contributed by atoms with Crippen molar-refractivity contribution in [1.82, 2.24) is 19.4 Å². The van der Waals surface area contributed by atoms with Crippen molar-refractivity contribution < 1.29 is 17.9 Å². The van der Waals surface area contributed by atoms with Crippen LogP contribution in [0.1, 0.15) is 5.56 Å². The van der Waals surface area contributed by atoms with Crippen LogP contribution in [0.4, 0.5) is 5.69 Å². The fourth-order valence-electron chi connectivity index (χ4n) is 4.34. The van der Waals surface area contributed by atoms with Crippen molar-refractivity contribution >= 4 is 26.6 Å². The number of hydrogen-bond donors (Lipinski definition) is 1. The molecule has 1 aliphatic rings. The highest BCUT2D eigenvalue weighted by atomic mass is 32.2. The molecule has 2 aromatic carbocycles. The SMILES string of the molecule is COc1ncc(-c2ccc3ncn(CCN4CCOCC4)c(=O)c3c2)cc1NS(=O)(=O)c1ccc(C)cc1. The van der Waals surface area contributed by atoms with Crippen molar-refractivity contribution in [2.75, 3.05) is 44.7 Å². The number of methoxy groups -OCH3 is 1. The summed E-state index contributed by atoms with van der Waals surface area (Å²) in [7, 11) is -2.45. The highest BCUT2D eigenvalue weighted by molar-refractivity contribution is 7.92. The summed E-state index contributed by atoms with van der Waals surface area (Å²) in [6.45, 7) is 6.25. The van der Waals surface area contributed by atoms with E-state index >= 15 is 0 Å². The summed E-state index contributed by atoms with van der Waals surface area (Å²) in [5.74, 6) is 0.136. The van der Waals surface area contributed by atoms with Crippen LogP contribution in [-0.4, -0.2) is 67.8 Å². The van der Waals surface area contributed by atoms with Crippen molar-refractivity contribution in [2.45, 2.75) is 18.4 Å². The molecule has 0 radical (unpaired) electrons. The topological polar surface area (TPSA) is 116 Å². The number of ether oxygens (including phenoxy) is 2. The molecule has 38 heavy (non-hydrogen) atoms. The molecule has 0 atom stereocenters. The summed E-state index contributed by atoms with van der Waals surface area (Å²) in [6.07, 6.45) is 3.16. The zero-order chi connectivity index (χ0) is 26.7. The van der Waals surface area contributed by atoms with E-state index in [0.29, 0.717) is 41.8 Å². The first kappa shape index (κ1) is 25.8. The van der Waals surface area contributed by atoms with Gasteiger partial charge in [0.15, 0.2) is 0 Å². The molecular weight excluding hydrogens is 506 g/mol. The number of fused-ring (bicyclic) bond motifs is 1. The number of pyridine rings is 1. The molecule has 0 spiro atoms. The number of aryl methyl sites for hydroxylation is 1. The van der Waals surface area contributed by atoms with Crippen LogP contribution >= 0.6 is 0 Å². The minimum atomic E-state index is -3.87. The average molecular weight is 536 g/mol. The van der Waals surface area contributed by atoms with Crippen LogP contribution in [0.5, 0.6) is 5.88 Å². The van der Waals surface area contributed by atoms with Gasteiger partial charge in [-0.2, -0.15) is 0 Å². The molecule has 198 valence electrons. The highest BCUT2D eigenvalue weighted by Gasteiger charge is 2.18. The molecule has 1 fully saturated rings. The van der Waals surface area contributed by atoms with Gasteiger partial charge in [0.1, 0.15) is 5.69 Å². The number of nitrogens with one attached hydrogen (secondary N) is 1. The number of nitrogens with zero attached hydrogens (tertiary/aromatic N) is 4. The van der Waals surface area contributed by atoms with Gasteiger partial charge >= 0.3 is 0 Å². The predicted octanol–water partition coefficient (Wildman–Crippen LogP) is 2.91. The second-order valence-electron chi connectivity index (χ2n) is 9.13. The lowest BCUT2D eigenvalue weighted by molar-refractivity contribution is 0.0362. The molecule has 3 heterocycles. The molecule has 1 aliphatic heterocycles. The Labute approximate surface area is 220 Å². The van der Waals surface area contributed by atoms with Crippen LogP contribution in [0.3, 0.4) is 0 Å². The van der Waals surface area contributed by atoms with E-state index in [0.717, 1.165) is 25.2 Å². The van der Waals surface area contributed by atoms with Crippen molar-refractivity contribution in [2.24, 2.45) is 0 Å². The molecule has 1 saturated heterocycles. The van der Waals surface area contributed by atoms with E-state index in [4.69, 9.17) is 9.47 Å².